The van der Waals surface area contributed by atoms with Crippen molar-refractivity contribution in [1.29, 1.82) is 0 Å². The number of fused-ring (bicyclic) bond motifs is 1. The molecular formula is C15H15N3S. The van der Waals surface area contributed by atoms with Crippen LogP contribution in [0.15, 0.2) is 47.4 Å². The summed E-state index contributed by atoms with van der Waals surface area (Å²) in [6.07, 6.45) is 2.07. The Labute approximate surface area is 116 Å². The molecule has 96 valence electrons. The van der Waals surface area contributed by atoms with Gasteiger partial charge in [0, 0.05) is 17.0 Å². The molecule has 0 saturated carbocycles. The summed E-state index contributed by atoms with van der Waals surface area (Å²) in [5, 5.41) is 0. The van der Waals surface area contributed by atoms with E-state index in [4.69, 9.17) is 5.73 Å². The van der Waals surface area contributed by atoms with E-state index in [1.165, 1.54) is 4.90 Å². The molecular weight excluding hydrogens is 254 g/mol. The molecule has 3 aromatic rings. The molecule has 19 heavy (non-hydrogen) atoms. The number of thioether (sulfide) groups is 1. The van der Waals surface area contributed by atoms with E-state index in [0.717, 1.165) is 28.0 Å². The highest BCUT2D eigenvalue weighted by atomic mass is 32.2. The van der Waals surface area contributed by atoms with E-state index in [2.05, 4.69) is 46.6 Å². The fourth-order valence-corrected chi connectivity index (χ4v) is 2.48. The van der Waals surface area contributed by atoms with E-state index in [0.29, 0.717) is 6.54 Å². The maximum atomic E-state index is 5.65. The molecule has 4 heteroatoms. The molecule has 0 amide bonds. The number of hydrogen-bond acceptors (Lipinski definition) is 3. The normalized spacial score (nSPS) is 11.1. The van der Waals surface area contributed by atoms with Crippen LogP contribution in [-0.4, -0.2) is 16.2 Å². The van der Waals surface area contributed by atoms with Gasteiger partial charge < -0.3 is 10.7 Å². The molecule has 1 aromatic heterocycles. The van der Waals surface area contributed by atoms with Gasteiger partial charge in [-0.15, -0.1) is 11.8 Å². The summed E-state index contributed by atoms with van der Waals surface area (Å²) in [4.78, 5) is 9.22. The third kappa shape index (κ3) is 2.37. The van der Waals surface area contributed by atoms with Crippen LogP contribution in [0.3, 0.4) is 0 Å². The van der Waals surface area contributed by atoms with Crippen LogP contribution in [0.5, 0.6) is 0 Å². The Hall–Kier alpha value is -1.78. The first-order valence-electron chi connectivity index (χ1n) is 6.13. The molecule has 0 fully saturated rings. The maximum Gasteiger partial charge on any atom is 0.138 e. The van der Waals surface area contributed by atoms with E-state index in [1.807, 2.05) is 12.1 Å². The Morgan fingerprint density at radius 2 is 1.95 bits per heavy atom. The molecule has 0 unspecified atom stereocenters. The molecule has 0 aliphatic heterocycles. The van der Waals surface area contributed by atoms with Crippen LogP contribution >= 0.6 is 11.8 Å². The Balaban J connectivity index is 2.04. The van der Waals surface area contributed by atoms with Crippen molar-refractivity contribution in [2.45, 2.75) is 11.4 Å². The Morgan fingerprint density at radius 1 is 1.16 bits per heavy atom. The molecule has 0 radical (unpaired) electrons. The molecule has 3 rings (SSSR count). The first-order chi connectivity index (χ1) is 9.30. The second kappa shape index (κ2) is 5.07. The minimum atomic E-state index is 0.548. The number of nitrogens with zero attached hydrogens (tertiary/aromatic N) is 1. The van der Waals surface area contributed by atoms with Gasteiger partial charge in [0.2, 0.25) is 0 Å². The number of hydrogen-bond donors (Lipinski definition) is 2. The van der Waals surface area contributed by atoms with Gasteiger partial charge in [-0.05, 0) is 36.1 Å². The van der Waals surface area contributed by atoms with Crippen LogP contribution in [0.4, 0.5) is 0 Å². The van der Waals surface area contributed by atoms with Crippen molar-refractivity contribution in [3.05, 3.63) is 48.0 Å². The standard InChI is InChI=1S/C15H15N3S/c1-19-12-5-3-11(4-6-12)15-17-13-7-2-10(9-16)8-14(13)18-15/h2-8H,9,16H2,1H3,(H,17,18). The predicted molar refractivity (Wildman–Crippen MR) is 81.2 cm³/mol. The zero-order valence-electron chi connectivity index (χ0n) is 10.7. The van der Waals surface area contributed by atoms with E-state index in [1.54, 1.807) is 11.8 Å². The Bertz CT molecular complexity index is 701. The van der Waals surface area contributed by atoms with Gasteiger partial charge in [0.1, 0.15) is 5.82 Å². The van der Waals surface area contributed by atoms with Gasteiger partial charge in [-0.3, -0.25) is 0 Å². The largest absolute Gasteiger partial charge is 0.338 e. The minimum Gasteiger partial charge on any atom is -0.338 e. The van der Waals surface area contributed by atoms with Crippen LogP contribution in [0.25, 0.3) is 22.4 Å². The van der Waals surface area contributed by atoms with Crippen molar-refractivity contribution in [2.24, 2.45) is 5.73 Å². The van der Waals surface area contributed by atoms with Gasteiger partial charge in [0.25, 0.3) is 0 Å². The van der Waals surface area contributed by atoms with Gasteiger partial charge in [-0.1, -0.05) is 18.2 Å². The SMILES string of the molecule is CSc1ccc(-c2nc3ccc(CN)cc3[nH]2)cc1. The van der Waals surface area contributed by atoms with E-state index < -0.39 is 0 Å². The average Bonchev–Trinajstić information content (AvgIpc) is 2.90. The quantitative estimate of drug-likeness (QED) is 0.716. The molecule has 3 nitrogen and oxygen atoms in total. The lowest BCUT2D eigenvalue weighted by molar-refractivity contribution is 1.07. The first-order valence-corrected chi connectivity index (χ1v) is 7.36. The van der Waals surface area contributed by atoms with Gasteiger partial charge >= 0.3 is 0 Å². The molecule has 0 aliphatic carbocycles. The highest BCUT2D eigenvalue weighted by molar-refractivity contribution is 7.98. The second-order valence-electron chi connectivity index (χ2n) is 4.37. The lowest BCUT2D eigenvalue weighted by atomic mass is 10.2. The zero-order valence-corrected chi connectivity index (χ0v) is 11.5. The van der Waals surface area contributed by atoms with Gasteiger partial charge in [0.05, 0.1) is 11.0 Å². The molecule has 2 aromatic carbocycles. The zero-order chi connectivity index (χ0) is 13.2. The van der Waals surface area contributed by atoms with Crippen molar-refractivity contribution >= 4 is 22.8 Å². The third-order valence-electron chi connectivity index (χ3n) is 3.15. The summed E-state index contributed by atoms with van der Waals surface area (Å²) < 4.78 is 0. The van der Waals surface area contributed by atoms with E-state index in [9.17, 15) is 0 Å². The van der Waals surface area contributed by atoms with Crippen LogP contribution in [-0.2, 0) is 6.54 Å². The van der Waals surface area contributed by atoms with E-state index in [-0.39, 0.29) is 0 Å². The summed E-state index contributed by atoms with van der Waals surface area (Å²) in [6.45, 7) is 0.548. The highest BCUT2D eigenvalue weighted by Crippen LogP contribution is 2.23. The van der Waals surface area contributed by atoms with Crippen LogP contribution < -0.4 is 5.73 Å². The monoisotopic (exact) mass is 269 g/mol. The summed E-state index contributed by atoms with van der Waals surface area (Å²) in [5.41, 5.74) is 9.87. The topological polar surface area (TPSA) is 54.7 Å². The number of aromatic nitrogens is 2. The van der Waals surface area contributed by atoms with Crippen molar-refractivity contribution < 1.29 is 0 Å². The molecule has 0 bridgehead atoms. The van der Waals surface area contributed by atoms with Crippen molar-refractivity contribution in [3.8, 4) is 11.4 Å². The first kappa shape index (κ1) is 12.3. The van der Waals surface area contributed by atoms with Crippen molar-refractivity contribution in [3.63, 3.8) is 0 Å². The summed E-state index contributed by atoms with van der Waals surface area (Å²) in [7, 11) is 0. The van der Waals surface area contributed by atoms with Gasteiger partial charge in [0.15, 0.2) is 0 Å². The van der Waals surface area contributed by atoms with Crippen LogP contribution in [0.1, 0.15) is 5.56 Å². The maximum absolute atomic E-state index is 5.65. The van der Waals surface area contributed by atoms with Crippen molar-refractivity contribution in [1.82, 2.24) is 9.97 Å². The van der Waals surface area contributed by atoms with E-state index >= 15 is 0 Å². The van der Waals surface area contributed by atoms with Crippen LogP contribution in [0.2, 0.25) is 0 Å². The summed E-state index contributed by atoms with van der Waals surface area (Å²) in [5.74, 6) is 0.900. The number of nitrogens with two attached hydrogens (primary N) is 1. The number of H-pyrrole nitrogens is 1. The smallest absolute Gasteiger partial charge is 0.138 e. The highest BCUT2D eigenvalue weighted by Gasteiger charge is 2.05. The molecule has 0 spiro atoms. The van der Waals surface area contributed by atoms with Crippen LogP contribution in [0, 0.1) is 0 Å². The fraction of sp³-hybridized carbons (Fsp3) is 0.133. The lowest BCUT2D eigenvalue weighted by Gasteiger charge is -1.98. The third-order valence-corrected chi connectivity index (χ3v) is 3.89. The number of aromatic amines is 1. The second-order valence-corrected chi connectivity index (χ2v) is 5.25. The summed E-state index contributed by atoms with van der Waals surface area (Å²) in [6, 6.07) is 14.5. The molecule has 0 aliphatic rings. The van der Waals surface area contributed by atoms with Gasteiger partial charge in [-0.2, -0.15) is 0 Å². The Kier molecular flexibility index (Phi) is 3.27. The van der Waals surface area contributed by atoms with Crippen molar-refractivity contribution in [2.75, 3.05) is 6.26 Å². The number of imidazole rings is 1. The Morgan fingerprint density at radius 3 is 2.63 bits per heavy atom. The number of benzene rings is 2. The lowest BCUT2D eigenvalue weighted by Crippen LogP contribution is -1.95. The predicted octanol–water partition coefficient (Wildman–Crippen LogP) is 3.41. The fourth-order valence-electron chi connectivity index (χ4n) is 2.07. The molecule has 3 N–H and O–H groups in total. The summed E-state index contributed by atoms with van der Waals surface area (Å²) >= 11 is 1.74. The minimum absolute atomic E-state index is 0.548. The van der Waals surface area contributed by atoms with Gasteiger partial charge in [-0.25, -0.2) is 4.98 Å². The number of rotatable bonds is 3. The molecule has 0 atom stereocenters. The molecule has 1 heterocycles. The number of nitrogens with one attached hydrogen (secondary N) is 1. The average molecular weight is 269 g/mol. The molecule has 0 saturated heterocycles.